The summed E-state index contributed by atoms with van der Waals surface area (Å²) in [5.74, 6) is 0.782. The van der Waals surface area contributed by atoms with Crippen LogP contribution in [0, 0.1) is 11.3 Å². The van der Waals surface area contributed by atoms with E-state index in [0.717, 1.165) is 5.82 Å². The summed E-state index contributed by atoms with van der Waals surface area (Å²) in [5, 5.41) is 17.8. The molecule has 1 aliphatic heterocycles. The first-order valence-electron chi connectivity index (χ1n) is 6.15. The molecule has 0 aliphatic carbocycles. The Morgan fingerprint density at radius 2 is 2.05 bits per heavy atom. The van der Waals surface area contributed by atoms with Gasteiger partial charge in [0.05, 0.1) is 5.56 Å². The zero-order chi connectivity index (χ0) is 14.0. The Morgan fingerprint density at radius 3 is 2.47 bits per heavy atom. The molecule has 6 heteroatoms. The zero-order valence-corrected chi connectivity index (χ0v) is 10.9. The van der Waals surface area contributed by atoms with Crippen molar-refractivity contribution in [2.75, 3.05) is 18.0 Å². The maximum absolute atomic E-state index is 11.0. The molecule has 100 valence electrons. The van der Waals surface area contributed by atoms with Gasteiger partial charge in [0, 0.05) is 31.4 Å². The van der Waals surface area contributed by atoms with Crippen LogP contribution in [0.4, 0.5) is 10.6 Å². The van der Waals surface area contributed by atoms with Gasteiger partial charge in [0.15, 0.2) is 0 Å². The van der Waals surface area contributed by atoms with E-state index in [1.807, 2.05) is 26.0 Å². The highest BCUT2D eigenvalue weighted by Crippen LogP contribution is 2.22. The van der Waals surface area contributed by atoms with Crippen LogP contribution in [-0.2, 0) is 0 Å². The second-order valence-electron chi connectivity index (χ2n) is 4.81. The molecule has 1 fully saturated rings. The van der Waals surface area contributed by atoms with E-state index in [2.05, 4.69) is 9.88 Å². The van der Waals surface area contributed by atoms with Crippen molar-refractivity contribution in [3.05, 3.63) is 23.9 Å². The SMILES string of the molecule is CC1CN(C(=O)O)CC(C)N1c1ccc(C#N)cn1. The van der Waals surface area contributed by atoms with E-state index in [4.69, 9.17) is 10.4 Å². The lowest BCUT2D eigenvalue weighted by atomic mass is 10.1. The number of rotatable bonds is 1. The lowest BCUT2D eigenvalue weighted by Gasteiger charge is -2.44. The van der Waals surface area contributed by atoms with Crippen LogP contribution >= 0.6 is 0 Å². The van der Waals surface area contributed by atoms with Gasteiger partial charge < -0.3 is 14.9 Å². The number of hydrogen-bond donors (Lipinski definition) is 1. The summed E-state index contributed by atoms with van der Waals surface area (Å²) in [6.45, 7) is 4.87. The third kappa shape index (κ3) is 2.60. The second kappa shape index (κ2) is 5.14. The number of carboxylic acid groups (broad SMARTS) is 1. The van der Waals surface area contributed by atoms with E-state index < -0.39 is 6.09 Å². The van der Waals surface area contributed by atoms with Gasteiger partial charge >= 0.3 is 6.09 Å². The third-order valence-electron chi connectivity index (χ3n) is 3.33. The number of amides is 1. The minimum Gasteiger partial charge on any atom is -0.465 e. The summed E-state index contributed by atoms with van der Waals surface area (Å²) in [6.07, 6.45) is 0.657. The van der Waals surface area contributed by atoms with E-state index in [1.54, 1.807) is 12.3 Å². The van der Waals surface area contributed by atoms with E-state index in [0.29, 0.717) is 18.7 Å². The molecule has 2 unspecified atom stereocenters. The van der Waals surface area contributed by atoms with Crippen molar-refractivity contribution in [2.45, 2.75) is 25.9 Å². The van der Waals surface area contributed by atoms with E-state index in [1.165, 1.54) is 4.90 Å². The maximum Gasteiger partial charge on any atom is 0.407 e. The van der Waals surface area contributed by atoms with Gasteiger partial charge in [-0.2, -0.15) is 5.26 Å². The number of pyridine rings is 1. The molecular formula is C13H16N4O2. The summed E-state index contributed by atoms with van der Waals surface area (Å²) >= 11 is 0. The molecule has 1 amide bonds. The van der Waals surface area contributed by atoms with Crippen LogP contribution in [-0.4, -0.2) is 46.3 Å². The van der Waals surface area contributed by atoms with Gasteiger partial charge in [-0.15, -0.1) is 0 Å². The molecule has 2 atom stereocenters. The molecule has 2 heterocycles. The van der Waals surface area contributed by atoms with Gasteiger partial charge in [-0.1, -0.05) is 0 Å². The lowest BCUT2D eigenvalue weighted by Crippen LogP contribution is -2.58. The number of nitrogens with zero attached hydrogens (tertiary/aromatic N) is 4. The van der Waals surface area contributed by atoms with E-state index >= 15 is 0 Å². The zero-order valence-electron chi connectivity index (χ0n) is 10.9. The van der Waals surface area contributed by atoms with Gasteiger partial charge in [0.25, 0.3) is 0 Å². The molecule has 0 spiro atoms. The molecule has 0 bridgehead atoms. The van der Waals surface area contributed by atoms with Gasteiger partial charge in [0.1, 0.15) is 11.9 Å². The van der Waals surface area contributed by atoms with E-state index in [-0.39, 0.29) is 12.1 Å². The van der Waals surface area contributed by atoms with Crippen LogP contribution in [0.1, 0.15) is 19.4 Å². The molecule has 0 radical (unpaired) electrons. The number of piperazine rings is 1. The summed E-state index contributed by atoms with van der Waals surface area (Å²) < 4.78 is 0. The Hall–Kier alpha value is -2.29. The number of nitriles is 1. The average Bonchev–Trinajstić information content (AvgIpc) is 2.38. The maximum atomic E-state index is 11.0. The van der Waals surface area contributed by atoms with Gasteiger partial charge in [-0.25, -0.2) is 9.78 Å². The van der Waals surface area contributed by atoms with Gasteiger partial charge in [-0.05, 0) is 26.0 Å². The Bertz CT molecular complexity index is 496. The molecule has 1 N–H and O–H groups in total. The topological polar surface area (TPSA) is 80.5 Å². The Labute approximate surface area is 111 Å². The lowest BCUT2D eigenvalue weighted by molar-refractivity contribution is 0.128. The van der Waals surface area contributed by atoms with Crippen molar-refractivity contribution in [1.29, 1.82) is 5.26 Å². The van der Waals surface area contributed by atoms with Gasteiger partial charge in [-0.3, -0.25) is 0 Å². The second-order valence-corrected chi connectivity index (χ2v) is 4.81. The predicted molar refractivity (Wildman–Crippen MR) is 70.0 cm³/mol. The van der Waals surface area contributed by atoms with Crippen LogP contribution in [0.15, 0.2) is 18.3 Å². The van der Waals surface area contributed by atoms with Crippen LogP contribution in [0.2, 0.25) is 0 Å². The highest BCUT2D eigenvalue weighted by atomic mass is 16.4. The molecule has 1 saturated heterocycles. The van der Waals surface area contributed by atoms with Crippen molar-refractivity contribution in [2.24, 2.45) is 0 Å². The molecule has 1 aromatic rings. The smallest absolute Gasteiger partial charge is 0.407 e. The number of carbonyl (C=O) groups is 1. The summed E-state index contributed by atoms with van der Waals surface area (Å²) in [4.78, 5) is 18.8. The predicted octanol–water partition coefficient (Wildman–Crippen LogP) is 1.53. The number of hydrogen-bond acceptors (Lipinski definition) is 4. The van der Waals surface area contributed by atoms with Crippen LogP contribution in [0.3, 0.4) is 0 Å². The fourth-order valence-corrected chi connectivity index (χ4v) is 2.54. The summed E-state index contributed by atoms with van der Waals surface area (Å²) in [7, 11) is 0. The largest absolute Gasteiger partial charge is 0.465 e. The van der Waals surface area contributed by atoms with E-state index in [9.17, 15) is 4.79 Å². The van der Waals surface area contributed by atoms with Crippen LogP contribution in [0.5, 0.6) is 0 Å². The highest BCUT2D eigenvalue weighted by molar-refractivity contribution is 5.66. The first-order valence-corrected chi connectivity index (χ1v) is 6.15. The number of aromatic nitrogens is 1. The molecular weight excluding hydrogens is 244 g/mol. The van der Waals surface area contributed by atoms with Gasteiger partial charge in [0.2, 0.25) is 0 Å². The molecule has 19 heavy (non-hydrogen) atoms. The van der Waals surface area contributed by atoms with Crippen molar-refractivity contribution >= 4 is 11.9 Å². The summed E-state index contributed by atoms with van der Waals surface area (Å²) in [5.41, 5.74) is 0.522. The van der Waals surface area contributed by atoms with Crippen molar-refractivity contribution in [3.63, 3.8) is 0 Å². The molecule has 2 rings (SSSR count). The minimum absolute atomic E-state index is 0.0558. The Balaban J connectivity index is 2.20. The minimum atomic E-state index is -0.883. The van der Waals surface area contributed by atoms with Crippen LogP contribution in [0.25, 0.3) is 0 Å². The normalized spacial score (nSPS) is 23.0. The summed E-state index contributed by atoms with van der Waals surface area (Å²) in [6, 6.07) is 5.68. The fourth-order valence-electron chi connectivity index (χ4n) is 2.54. The van der Waals surface area contributed by atoms with Crippen molar-refractivity contribution < 1.29 is 9.90 Å². The molecule has 1 aromatic heterocycles. The molecule has 1 aliphatic rings. The first kappa shape index (κ1) is 13.1. The molecule has 6 nitrogen and oxygen atoms in total. The van der Waals surface area contributed by atoms with Crippen molar-refractivity contribution in [1.82, 2.24) is 9.88 Å². The highest BCUT2D eigenvalue weighted by Gasteiger charge is 2.32. The monoisotopic (exact) mass is 260 g/mol. The average molecular weight is 260 g/mol. The standard InChI is InChI=1S/C13H16N4O2/c1-9-7-16(13(18)19)8-10(2)17(9)12-4-3-11(5-14)6-15-12/h3-4,6,9-10H,7-8H2,1-2H3,(H,18,19). The molecule has 0 saturated carbocycles. The molecule has 0 aromatic carbocycles. The first-order chi connectivity index (χ1) is 9.02. The van der Waals surface area contributed by atoms with Crippen LogP contribution < -0.4 is 4.90 Å². The third-order valence-corrected chi connectivity index (χ3v) is 3.33. The fraction of sp³-hybridized carbons (Fsp3) is 0.462. The Kier molecular flexibility index (Phi) is 3.56. The Morgan fingerprint density at radius 1 is 1.42 bits per heavy atom. The quantitative estimate of drug-likeness (QED) is 0.828. The number of anilines is 1. The van der Waals surface area contributed by atoms with Crippen molar-refractivity contribution in [3.8, 4) is 6.07 Å².